The van der Waals surface area contributed by atoms with Crippen LogP contribution in [0.4, 0.5) is 0 Å². The van der Waals surface area contributed by atoms with Gasteiger partial charge in [0.15, 0.2) is 0 Å². The number of amides is 9. The molecule has 0 aromatic carbocycles. The first-order valence-electron chi connectivity index (χ1n) is 20.3. The molecule has 1 aliphatic heterocycles. The number of ether oxygens (including phenoxy) is 1. The monoisotopic (exact) mass is 903 g/mol. The van der Waals surface area contributed by atoms with Crippen molar-refractivity contribution in [2.45, 2.75) is 153 Å². The number of rotatable bonds is 28. The fraction of sp³-hybridized carbons (Fsp3) is 0.730. The first kappa shape index (κ1) is 55.5. The van der Waals surface area contributed by atoms with Gasteiger partial charge in [0.1, 0.15) is 54.9 Å². The minimum absolute atomic E-state index is 0.0494. The molecular formula is C37H65N11O15. The summed E-state index contributed by atoms with van der Waals surface area (Å²) in [5.74, 6) is -10.7. The summed E-state index contributed by atoms with van der Waals surface area (Å²) in [5, 5.41) is 58.4. The van der Waals surface area contributed by atoms with E-state index in [1.807, 2.05) is 0 Å². The zero-order valence-electron chi connectivity index (χ0n) is 36.4. The molecule has 358 valence electrons. The smallest absolute Gasteiger partial charge is 0.377 e. The molecule has 13 atom stereocenters. The van der Waals surface area contributed by atoms with E-state index in [9.17, 15) is 68.4 Å². The second-order valence-electron chi connectivity index (χ2n) is 15.5. The second kappa shape index (κ2) is 25.5. The zero-order valence-corrected chi connectivity index (χ0v) is 36.4. The highest BCUT2D eigenvalue weighted by molar-refractivity contribution is 6.01. The average molecular weight is 904 g/mol. The van der Waals surface area contributed by atoms with Gasteiger partial charge in [-0.25, -0.2) is 4.79 Å². The third-order valence-electron chi connectivity index (χ3n) is 9.97. The Kier molecular flexibility index (Phi) is 22.5. The van der Waals surface area contributed by atoms with Gasteiger partial charge in [0.05, 0.1) is 24.7 Å². The largest absolute Gasteiger partial charge is 0.420 e. The van der Waals surface area contributed by atoms with Crippen molar-refractivity contribution in [1.82, 2.24) is 42.5 Å². The van der Waals surface area contributed by atoms with E-state index >= 15 is 0 Å². The molecule has 1 heterocycles. The lowest BCUT2D eigenvalue weighted by Crippen LogP contribution is -2.63. The van der Waals surface area contributed by atoms with Crippen molar-refractivity contribution in [2.24, 2.45) is 23.1 Å². The van der Waals surface area contributed by atoms with Crippen LogP contribution in [0.2, 0.25) is 0 Å². The van der Waals surface area contributed by atoms with Crippen LogP contribution in [0.15, 0.2) is 0 Å². The molecule has 0 aromatic heterocycles. The van der Waals surface area contributed by atoms with Gasteiger partial charge in [0.2, 0.25) is 53.2 Å². The predicted octanol–water partition coefficient (Wildman–Crippen LogP) is -7.70. The van der Waals surface area contributed by atoms with Crippen LogP contribution in [0.25, 0.3) is 0 Å². The lowest BCUT2D eigenvalue weighted by molar-refractivity contribution is -0.138. The lowest BCUT2D eigenvalue weighted by Gasteiger charge is -2.30. The summed E-state index contributed by atoms with van der Waals surface area (Å²) in [5.41, 5.74) is 14.6. The van der Waals surface area contributed by atoms with E-state index in [1.54, 1.807) is 13.8 Å². The standard InChI is InChI=1S/C37H65N11O15/c1-8-15(2)25(33(59)44-22(13-23(39)53)31(57)41-17(4)29(55)48-37(14-49)36(62)63-37)45-35(61)27(20(7)52)46-28(54)16(3)42-34(60)26(19(6)51)47-30(56)21(11-9-10-12-38)43-32(58)24(40)18(5)50/h15-22,24-27,49-52H,8-14,38,40H2,1-7H3,(H2,39,53)(H,41,57)(H,42,60)(H,43,58)(H,44,59)(H,45,61)(H,46,54)(H,47,56)(H,48,55)/t15-,16-,17-,18+,19+,20+,21-,22-,24-,25-,26-,27-,37+/m0/s1. The van der Waals surface area contributed by atoms with Crippen LogP contribution in [0.1, 0.15) is 80.6 Å². The molecule has 0 spiro atoms. The number of aliphatic hydroxyl groups is 4. The van der Waals surface area contributed by atoms with Gasteiger partial charge in [-0.15, -0.1) is 0 Å². The van der Waals surface area contributed by atoms with E-state index < -0.39 is 150 Å². The predicted molar refractivity (Wildman–Crippen MR) is 218 cm³/mol. The Morgan fingerprint density at radius 1 is 0.619 bits per heavy atom. The number of carbonyl (C=O) groups is 10. The lowest BCUT2D eigenvalue weighted by atomic mass is 9.96. The summed E-state index contributed by atoms with van der Waals surface area (Å²) in [6.45, 7) is 8.56. The van der Waals surface area contributed by atoms with Crippen LogP contribution in [0.5, 0.6) is 0 Å². The van der Waals surface area contributed by atoms with Gasteiger partial charge in [-0.3, -0.25) is 43.2 Å². The van der Waals surface area contributed by atoms with Gasteiger partial charge < -0.3 is 84.9 Å². The molecule has 63 heavy (non-hydrogen) atoms. The van der Waals surface area contributed by atoms with Gasteiger partial charge in [0, 0.05) is 0 Å². The summed E-state index contributed by atoms with van der Waals surface area (Å²) < 4.78 is 4.58. The maximum Gasteiger partial charge on any atom is 0.377 e. The van der Waals surface area contributed by atoms with Crippen LogP contribution < -0.4 is 59.7 Å². The molecule has 1 fully saturated rings. The number of nitrogens with one attached hydrogen (secondary N) is 8. The van der Waals surface area contributed by atoms with Gasteiger partial charge >= 0.3 is 11.7 Å². The van der Waals surface area contributed by atoms with Crippen LogP contribution in [0.3, 0.4) is 0 Å². The highest BCUT2D eigenvalue weighted by Gasteiger charge is 2.60. The molecule has 26 heteroatoms. The maximum absolute atomic E-state index is 13.6. The number of primary amides is 1. The number of cyclic esters (lactones) is 1. The van der Waals surface area contributed by atoms with Crippen molar-refractivity contribution in [1.29, 1.82) is 0 Å². The molecular weight excluding hydrogens is 838 g/mol. The number of epoxide rings is 1. The van der Waals surface area contributed by atoms with Crippen molar-refractivity contribution in [3.63, 3.8) is 0 Å². The van der Waals surface area contributed by atoms with Crippen LogP contribution in [-0.4, -0.2) is 165 Å². The Balaban J connectivity index is 3.12. The van der Waals surface area contributed by atoms with Gasteiger partial charge in [-0.05, 0) is 66.3 Å². The SMILES string of the molecule is CC[C@H](C)[C@H](NC(=O)[C@@H](NC(=O)[C@H](C)NC(=O)[C@@H](NC(=O)[C@H](CCCCN)NC(=O)[C@@H](N)[C@@H](C)O)[C@@H](C)O)[C@@H](C)O)C(=O)N[C@@H](CC(N)=O)C(=O)N[C@@H](C)C(=O)N[C@]1(CO)OC1=O. The van der Waals surface area contributed by atoms with Crippen molar-refractivity contribution < 1.29 is 73.1 Å². The van der Waals surface area contributed by atoms with Crippen LogP contribution in [0, 0.1) is 5.92 Å². The van der Waals surface area contributed by atoms with Crippen LogP contribution in [-0.2, 0) is 52.7 Å². The summed E-state index contributed by atoms with van der Waals surface area (Å²) in [6, 6.07) is -12.1. The number of hydrogen-bond acceptors (Lipinski definition) is 17. The Hall–Kier alpha value is -5.54. The van der Waals surface area contributed by atoms with E-state index in [1.165, 1.54) is 27.7 Å². The highest BCUT2D eigenvalue weighted by atomic mass is 16.7. The molecule has 1 saturated heterocycles. The summed E-state index contributed by atoms with van der Waals surface area (Å²) in [7, 11) is 0. The van der Waals surface area contributed by atoms with Gasteiger partial charge in [-0.2, -0.15) is 0 Å². The number of unbranched alkanes of at least 4 members (excludes halogenated alkanes) is 1. The van der Waals surface area contributed by atoms with Gasteiger partial charge in [-0.1, -0.05) is 20.3 Å². The third kappa shape index (κ3) is 17.3. The quantitative estimate of drug-likeness (QED) is 0.0256. The molecule has 18 N–H and O–H groups in total. The van der Waals surface area contributed by atoms with Crippen LogP contribution >= 0.6 is 0 Å². The molecule has 1 rings (SSSR count). The third-order valence-corrected chi connectivity index (χ3v) is 9.97. The zero-order chi connectivity index (χ0) is 48.5. The van der Waals surface area contributed by atoms with Crippen molar-refractivity contribution in [3.8, 4) is 0 Å². The van der Waals surface area contributed by atoms with E-state index in [2.05, 4.69) is 47.3 Å². The molecule has 0 radical (unpaired) electrons. The number of aliphatic hydroxyl groups excluding tert-OH is 4. The molecule has 0 aromatic rings. The first-order chi connectivity index (χ1) is 29.3. The number of carbonyl (C=O) groups excluding carboxylic acids is 10. The van der Waals surface area contributed by atoms with Crippen molar-refractivity contribution in [3.05, 3.63) is 0 Å². The highest BCUT2D eigenvalue weighted by Crippen LogP contribution is 2.25. The Labute approximate surface area is 363 Å². The summed E-state index contributed by atoms with van der Waals surface area (Å²) in [6.07, 6.45) is -4.04. The van der Waals surface area contributed by atoms with E-state index in [0.29, 0.717) is 12.8 Å². The second-order valence-corrected chi connectivity index (χ2v) is 15.5. The van der Waals surface area contributed by atoms with Crippen molar-refractivity contribution >= 4 is 59.1 Å². The Morgan fingerprint density at radius 3 is 1.52 bits per heavy atom. The maximum atomic E-state index is 13.6. The van der Waals surface area contributed by atoms with E-state index in [-0.39, 0.29) is 19.4 Å². The normalized spacial score (nSPS) is 20.0. The number of nitrogens with two attached hydrogens (primary N) is 3. The summed E-state index contributed by atoms with van der Waals surface area (Å²) in [4.78, 5) is 129. The molecule has 0 unspecified atom stereocenters. The fourth-order valence-electron chi connectivity index (χ4n) is 5.61. The topological polar surface area (TPSA) is 438 Å². The van der Waals surface area contributed by atoms with E-state index in [0.717, 1.165) is 6.92 Å². The summed E-state index contributed by atoms with van der Waals surface area (Å²) >= 11 is 0. The number of hydrogen-bond donors (Lipinski definition) is 15. The minimum atomic E-state index is -1.96. The molecule has 0 aliphatic carbocycles. The fourth-order valence-corrected chi connectivity index (χ4v) is 5.61. The molecule has 26 nitrogen and oxygen atoms in total. The molecule has 9 amide bonds. The van der Waals surface area contributed by atoms with Crippen molar-refractivity contribution in [2.75, 3.05) is 13.2 Å². The first-order valence-corrected chi connectivity index (χ1v) is 20.3. The molecule has 0 bridgehead atoms. The average Bonchev–Trinajstić information content (AvgIpc) is 3.86. The minimum Gasteiger partial charge on any atom is -0.420 e. The van der Waals surface area contributed by atoms with Gasteiger partial charge in [0.25, 0.3) is 0 Å². The molecule has 1 aliphatic rings. The Bertz CT molecular complexity index is 1670. The van der Waals surface area contributed by atoms with E-state index in [4.69, 9.17) is 17.2 Å². The molecule has 0 saturated carbocycles. The Morgan fingerprint density at radius 2 is 1.06 bits per heavy atom.